The molecule has 0 aliphatic carbocycles. The number of hydrogen-bond donors (Lipinski definition) is 1. The standard InChI is InChI=1S/C16H19N3O.ClHO4/c1-18(2)11-5-7-13-15(9-11)20-16-10-12(19(3)4)6-8-14(16)17-13;2-1(3,4)5/h5-10,17H,1-4H3;(H,2,3,4,5). The maximum atomic E-state index is 8.49. The summed E-state index contributed by atoms with van der Waals surface area (Å²) in [7, 11) is 3.19. The molecule has 0 saturated carbocycles. The van der Waals surface area contributed by atoms with Crippen LogP contribution in [0.3, 0.4) is 0 Å². The fourth-order valence-corrected chi connectivity index (χ4v) is 2.30. The molecule has 3 rings (SSSR count). The van der Waals surface area contributed by atoms with Crippen molar-refractivity contribution in [3.63, 3.8) is 0 Å². The maximum absolute atomic E-state index is 8.49. The van der Waals surface area contributed by atoms with Gasteiger partial charge >= 0.3 is 0 Å². The maximum Gasteiger partial charge on any atom is 0.190 e. The lowest BCUT2D eigenvalue weighted by Crippen LogP contribution is -2.72. The van der Waals surface area contributed by atoms with E-state index in [1.807, 2.05) is 28.2 Å². The molecule has 0 unspecified atom stereocenters. The van der Waals surface area contributed by atoms with Gasteiger partial charge in [0.15, 0.2) is 22.9 Å². The molecule has 8 nitrogen and oxygen atoms in total. The van der Waals surface area contributed by atoms with Crippen LogP contribution < -0.4 is 38.5 Å². The summed E-state index contributed by atoms with van der Waals surface area (Å²) in [5.74, 6) is 1.83. The first-order valence-corrected chi connectivity index (χ1v) is 8.55. The molecule has 136 valence electrons. The van der Waals surface area contributed by atoms with Crippen molar-refractivity contribution in [3.05, 3.63) is 36.4 Å². The molecule has 0 fully saturated rings. The molecule has 25 heavy (non-hydrogen) atoms. The predicted molar refractivity (Wildman–Crippen MR) is 82.9 cm³/mol. The Bertz CT molecular complexity index is 686. The second-order valence-corrected chi connectivity index (χ2v) is 6.61. The number of rotatable bonds is 2. The first-order valence-electron chi connectivity index (χ1n) is 7.31. The van der Waals surface area contributed by atoms with Gasteiger partial charge in [0.25, 0.3) is 0 Å². The van der Waals surface area contributed by atoms with Crippen LogP contribution in [-0.4, -0.2) is 28.2 Å². The van der Waals surface area contributed by atoms with Crippen LogP contribution in [0.25, 0.3) is 0 Å². The molecule has 0 radical (unpaired) electrons. The number of fused-ring (bicyclic) bond motifs is 2. The Morgan fingerprint density at radius 1 is 0.760 bits per heavy atom. The van der Waals surface area contributed by atoms with E-state index in [1.54, 1.807) is 0 Å². The second kappa shape index (κ2) is 7.44. The van der Waals surface area contributed by atoms with Crippen LogP contribution >= 0.6 is 0 Å². The molecule has 2 N–H and O–H groups in total. The zero-order chi connectivity index (χ0) is 18.8. The average Bonchev–Trinajstić information content (AvgIpc) is 2.50. The van der Waals surface area contributed by atoms with E-state index < -0.39 is 10.2 Å². The predicted octanol–water partition coefficient (Wildman–Crippen LogP) is -2.31. The number of quaternary nitrogens is 1. The Morgan fingerprint density at radius 2 is 1.12 bits per heavy atom. The van der Waals surface area contributed by atoms with Crippen molar-refractivity contribution in [1.82, 2.24) is 0 Å². The Hall–Kier alpha value is -2.07. The molecule has 0 amide bonds. The van der Waals surface area contributed by atoms with E-state index in [0.29, 0.717) is 0 Å². The van der Waals surface area contributed by atoms with Crippen LogP contribution in [0.1, 0.15) is 0 Å². The second-order valence-electron chi connectivity index (χ2n) is 5.86. The Morgan fingerprint density at radius 3 is 1.44 bits per heavy atom. The van der Waals surface area contributed by atoms with Gasteiger partial charge in [-0.2, -0.15) is 0 Å². The van der Waals surface area contributed by atoms with Crippen LogP contribution in [0.5, 0.6) is 11.5 Å². The van der Waals surface area contributed by atoms with E-state index in [9.17, 15) is 0 Å². The molecule has 2 aromatic carbocycles. The highest BCUT2D eigenvalue weighted by atomic mass is 35.7. The number of benzene rings is 2. The van der Waals surface area contributed by atoms with E-state index in [0.717, 1.165) is 34.2 Å². The summed E-state index contributed by atoms with van der Waals surface area (Å²) >= 11 is 0. The number of anilines is 2. The third-order valence-corrected chi connectivity index (χ3v) is 3.56. The van der Waals surface area contributed by atoms with Crippen LogP contribution in [0, 0.1) is 10.2 Å². The van der Waals surface area contributed by atoms with Crippen molar-refractivity contribution < 1.29 is 38.9 Å². The van der Waals surface area contributed by atoms with E-state index >= 15 is 0 Å². The van der Waals surface area contributed by atoms with Gasteiger partial charge in [-0.1, -0.05) is 0 Å². The molecule has 0 atom stereocenters. The molecule has 0 bridgehead atoms. The van der Waals surface area contributed by atoms with Crippen LogP contribution in [0.2, 0.25) is 0 Å². The topological polar surface area (TPSA) is 125 Å². The van der Waals surface area contributed by atoms with Gasteiger partial charge in [0.05, 0.1) is 0 Å². The summed E-state index contributed by atoms with van der Waals surface area (Å²) in [6.45, 7) is 0. The van der Waals surface area contributed by atoms with Crippen molar-refractivity contribution in [2.45, 2.75) is 0 Å². The molecule has 2 aromatic rings. The summed E-state index contributed by atoms with van der Waals surface area (Å²) in [6.07, 6.45) is 0. The van der Waals surface area contributed by atoms with Gasteiger partial charge in [-0.3, -0.25) is 5.32 Å². The van der Waals surface area contributed by atoms with E-state index in [-0.39, 0.29) is 0 Å². The van der Waals surface area contributed by atoms with Gasteiger partial charge < -0.3 is 14.5 Å². The molecule has 1 aliphatic rings. The Labute approximate surface area is 148 Å². The molecule has 0 saturated heterocycles. The van der Waals surface area contributed by atoms with E-state index in [2.05, 4.69) is 51.5 Å². The van der Waals surface area contributed by atoms with Gasteiger partial charge in [0, 0.05) is 63.8 Å². The third kappa shape index (κ3) is 5.46. The molecular weight excluding hydrogens is 350 g/mol. The first-order chi connectivity index (χ1) is 11.5. The number of nitrogens with zero attached hydrogens (tertiary/aromatic N) is 2. The van der Waals surface area contributed by atoms with Crippen molar-refractivity contribution in [2.75, 3.05) is 38.0 Å². The third-order valence-electron chi connectivity index (χ3n) is 3.56. The smallest absolute Gasteiger partial charge is 0.190 e. The normalized spacial score (nSPS) is 12.2. The van der Waals surface area contributed by atoms with E-state index in [1.165, 1.54) is 0 Å². The fraction of sp³-hybridized carbons (Fsp3) is 0.250. The monoisotopic (exact) mass is 369 g/mol. The van der Waals surface area contributed by atoms with Gasteiger partial charge in [-0.15, -0.1) is 10.2 Å². The van der Waals surface area contributed by atoms with Crippen LogP contribution in [0.4, 0.5) is 22.7 Å². The molecular formula is C16H20ClN3O5. The summed E-state index contributed by atoms with van der Waals surface area (Å²) in [5, 5.41) is 2.17. The van der Waals surface area contributed by atoms with Crippen LogP contribution in [-0.2, 0) is 0 Å². The van der Waals surface area contributed by atoms with Crippen molar-refractivity contribution in [1.29, 1.82) is 0 Å². The molecule has 0 spiro atoms. The zero-order valence-corrected chi connectivity index (χ0v) is 15.1. The van der Waals surface area contributed by atoms with Gasteiger partial charge in [0.2, 0.25) is 0 Å². The van der Waals surface area contributed by atoms with E-state index in [4.69, 9.17) is 23.4 Å². The lowest BCUT2D eigenvalue weighted by atomic mass is 10.1. The number of hydrogen-bond acceptors (Lipinski definition) is 7. The fourth-order valence-electron chi connectivity index (χ4n) is 2.30. The highest BCUT2D eigenvalue weighted by molar-refractivity contribution is 5.67. The minimum absolute atomic E-state index is 0.916. The zero-order valence-electron chi connectivity index (χ0n) is 14.4. The number of halogens is 1. The van der Waals surface area contributed by atoms with Gasteiger partial charge in [-0.05, 0) is 12.1 Å². The summed E-state index contributed by atoms with van der Waals surface area (Å²) in [5.41, 5.74) is 4.54. The highest BCUT2D eigenvalue weighted by Gasteiger charge is 2.22. The average molecular weight is 370 g/mol. The minimum Gasteiger partial charge on any atom is -0.445 e. The molecule has 0 aromatic heterocycles. The van der Waals surface area contributed by atoms with Gasteiger partial charge in [-0.25, -0.2) is 18.6 Å². The number of ether oxygens (including phenoxy) is 1. The molecule has 1 heterocycles. The summed E-state index contributed by atoms with van der Waals surface area (Å²) in [6, 6.07) is 12.6. The SMILES string of the molecule is CN(C)c1ccc2c(c1)Oc1cc(N(C)C)ccc1[NH2+]2.[O-][Cl+3]([O-])([O-])[O-]. The lowest BCUT2D eigenvalue weighted by Gasteiger charge is -2.21. The Kier molecular flexibility index (Phi) is 5.73. The summed E-state index contributed by atoms with van der Waals surface area (Å²) < 4.78 is 40.0. The van der Waals surface area contributed by atoms with Gasteiger partial charge in [0.1, 0.15) is 0 Å². The first kappa shape index (κ1) is 19.3. The van der Waals surface area contributed by atoms with Crippen molar-refractivity contribution in [2.24, 2.45) is 0 Å². The highest BCUT2D eigenvalue weighted by Crippen LogP contribution is 2.38. The largest absolute Gasteiger partial charge is 0.445 e. The number of nitrogens with two attached hydrogens (primary N) is 1. The molecule has 9 heteroatoms. The van der Waals surface area contributed by atoms with Crippen molar-refractivity contribution >= 4 is 22.7 Å². The quantitative estimate of drug-likeness (QED) is 0.503. The molecule has 1 aliphatic heterocycles. The van der Waals surface area contributed by atoms with Crippen molar-refractivity contribution in [3.8, 4) is 11.5 Å². The summed E-state index contributed by atoms with van der Waals surface area (Å²) in [4.78, 5) is 4.16. The Balaban J connectivity index is 0.000000399. The van der Waals surface area contributed by atoms with Crippen LogP contribution in [0.15, 0.2) is 36.4 Å². The minimum atomic E-state index is -4.94. The lowest BCUT2D eigenvalue weighted by molar-refractivity contribution is -2.00.